The number of guanidine groups is 1. The first-order valence-electron chi connectivity index (χ1n) is 10.5. The minimum atomic E-state index is -0.479. The van der Waals surface area contributed by atoms with Crippen molar-refractivity contribution in [3.05, 3.63) is 18.2 Å². The molecule has 2 N–H and O–H groups in total. The first kappa shape index (κ1) is 27.1. The number of carbonyl (C=O) groups is 1. The molecule has 1 saturated heterocycles. The van der Waals surface area contributed by atoms with E-state index in [1.165, 1.54) is 0 Å². The maximum absolute atomic E-state index is 12.4. The molecule has 31 heavy (non-hydrogen) atoms. The molecule has 176 valence electrons. The molecule has 0 aliphatic carbocycles. The predicted molar refractivity (Wildman–Crippen MR) is 135 cm³/mol. The van der Waals surface area contributed by atoms with Gasteiger partial charge in [0.1, 0.15) is 5.60 Å². The van der Waals surface area contributed by atoms with Crippen LogP contribution in [0.1, 0.15) is 40.5 Å². The lowest BCUT2D eigenvalue weighted by Gasteiger charge is -2.34. The zero-order chi connectivity index (χ0) is 22.1. The smallest absolute Gasteiger partial charge is 0.410 e. The number of rotatable bonds is 6. The number of likely N-dealkylation sites (tertiary alicyclic amines) is 1. The molecular formula is C22H37IN4O4. The number of carbonyl (C=O) groups excluding carboxylic acids is 1. The Bertz CT molecular complexity index is 737. The monoisotopic (exact) mass is 548 g/mol. The summed E-state index contributed by atoms with van der Waals surface area (Å²) in [7, 11) is 3.35. The Balaban J connectivity index is 0.00000480. The molecule has 1 aromatic rings. The summed E-state index contributed by atoms with van der Waals surface area (Å²) in [5.74, 6) is 2.37. The fourth-order valence-electron chi connectivity index (χ4n) is 3.30. The Hall–Kier alpha value is -1.91. The third-order valence-electron chi connectivity index (χ3n) is 4.68. The van der Waals surface area contributed by atoms with E-state index in [0.717, 1.165) is 25.1 Å². The SMILES string of the molecule is CCOc1cc(NC(=NC)NCC2CCCN(C(=O)OC(C)(C)C)C2)ccc1OC.I. The van der Waals surface area contributed by atoms with E-state index in [9.17, 15) is 4.79 Å². The number of aliphatic imine (C=N–C) groups is 1. The summed E-state index contributed by atoms with van der Waals surface area (Å²) >= 11 is 0. The molecule has 1 unspecified atom stereocenters. The standard InChI is InChI=1S/C22H36N4O4.HI/c1-7-29-19-13-17(10-11-18(19)28-6)25-20(23-5)24-14-16-9-8-12-26(15-16)21(27)30-22(2,3)4;/h10-11,13,16H,7-9,12,14-15H2,1-6H3,(H2,23,24,25);1H. The fourth-order valence-corrected chi connectivity index (χ4v) is 3.30. The van der Waals surface area contributed by atoms with Gasteiger partial charge < -0.3 is 29.7 Å². The molecule has 1 aliphatic heterocycles. The van der Waals surface area contributed by atoms with E-state index in [1.807, 2.05) is 45.9 Å². The summed E-state index contributed by atoms with van der Waals surface area (Å²) in [5, 5.41) is 6.64. The molecule has 1 aromatic carbocycles. The van der Waals surface area contributed by atoms with Gasteiger partial charge in [0.25, 0.3) is 0 Å². The minimum absolute atomic E-state index is 0. The Morgan fingerprint density at radius 1 is 1.29 bits per heavy atom. The van der Waals surface area contributed by atoms with Crippen LogP contribution in [0.25, 0.3) is 0 Å². The lowest BCUT2D eigenvalue weighted by atomic mass is 9.98. The number of anilines is 1. The number of benzene rings is 1. The molecular weight excluding hydrogens is 511 g/mol. The minimum Gasteiger partial charge on any atom is -0.493 e. The van der Waals surface area contributed by atoms with Gasteiger partial charge in [-0.2, -0.15) is 0 Å². The molecule has 2 rings (SSSR count). The fraction of sp³-hybridized carbons (Fsp3) is 0.636. The summed E-state index contributed by atoms with van der Waals surface area (Å²) < 4.78 is 16.5. The van der Waals surface area contributed by atoms with Gasteiger partial charge in [0.2, 0.25) is 0 Å². The van der Waals surface area contributed by atoms with Crippen molar-refractivity contribution in [3.63, 3.8) is 0 Å². The zero-order valence-corrected chi connectivity index (χ0v) is 21.8. The summed E-state index contributed by atoms with van der Waals surface area (Å²) in [5.41, 5.74) is 0.374. The highest BCUT2D eigenvalue weighted by atomic mass is 127. The number of piperidine rings is 1. The van der Waals surface area contributed by atoms with Crippen molar-refractivity contribution in [2.24, 2.45) is 10.9 Å². The van der Waals surface area contributed by atoms with Crippen molar-refractivity contribution in [3.8, 4) is 11.5 Å². The van der Waals surface area contributed by atoms with Gasteiger partial charge in [-0.15, -0.1) is 24.0 Å². The molecule has 1 aliphatic rings. The zero-order valence-electron chi connectivity index (χ0n) is 19.5. The van der Waals surface area contributed by atoms with E-state index in [-0.39, 0.29) is 30.1 Å². The molecule has 1 heterocycles. The lowest BCUT2D eigenvalue weighted by Crippen LogP contribution is -2.46. The molecule has 0 saturated carbocycles. The molecule has 0 spiro atoms. The van der Waals surface area contributed by atoms with Gasteiger partial charge in [0.05, 0.1) is 13.7 Å². The number of halogens is 1. The quantitative estimate of drug-likeness (QED) is 0.313. The van der Waals surface area contributed by atoms with Crippen molar-refractivity contribution in [1.29, 1.82) is 0 Å². The Labute approximate surface area is 203 Å². The van der Waals surface area contributed by atoms with Gasteiger partial charge >= 0.3 is 6.09 Å². The maximum atomic E-state index is 12.4. The maximum Gasteiger partial charge on any atom is 0.410 e. The molecule has 8 nitrogen and oxygen atoms in total. The number of nitrogens with zero attached hydrogens (tertiary/aromatic N) is 2. The van der Waals surface area contributed by atoms with E-state index in [4.69, 9.17) is 14.2 Å². The molecule has 1 fully saturated rings. The van der Waals surface area contributed by atoms with Crippen molar-refractivity contribution < 1.29 is 19.0 Å². The largest absolute Gasteiger partial charge is 0.493 e. The van der Waals surface area contributed by atoms with Crippen LogP contribution in [0, 0.1) is 5.92 Å². The van der Waals surface area contributed by atoms with E-state index in [1.54, 1.807) is 19.1 Å². The van der Waals surface area contributed by atoms with Crippen LogP contribution >= 0.6 is 24.0 Å². The van der Waals surface area contributed by atoms with Crippen LogP contribution in [0.4, 0.5) is 10.5 Å². The van der Waals surface area contributed by atoms with Crippen molar-refractivity contribution in [2.75, 3.05) is 45.7 Å². The molecule has 1 amide bonds. The van der Waals surface area contributed by atoms with Gasteiger partial charge in [-0.1, -0.05) is 0 Å². The van der Waals surface area contributed by atoms with Crippen LogP contribution in [-0.2, 0) is 4.74 Å². The molecule has 0 aromatic heterocycles. The number of nitrogens with one attached hydrogen (secondary N) is 2. The molecule has 9 heteroatoms. The van der Waals surface area contributed by atoms with Gasteiger partial charge in [-0.3, -0.25) is 4.99 Å². The van der Waals surface area contributed by atoms with Crippen molar-refractivity contribution in [2.45, 2.75) is 46.1 Å². The number of hydrogen-bond donors (Lipinski definition) is 2. The van der Waals surface area contributed by atoms with Crippen molar-refractivity contribution >= 4 is 41.7 Å². The number of amides is 1. The normalized spacial score (nSPS) is 16.8. The second-order valence-corrected chi connectivity index (χ2v) is 8.31. The van der Waals surface area contributed by atoms with E-state index >= 15 is 0 Å². The lowest BCUT2D eigenvalue weighted by molar-refractivity contribution is 0.0168. The van der Waals surface area contributed by atoms with Crippen LogP contribution in [0.3, 0.4) is 0 Å². The van der Waals surface area contributed by atoms with E-state index < -0.39 is 5.60 Å². The average molecular weight is 548 g/mol. The summed E-state index contributed by atoms with van der Waals surface area (Å²) in [4.78, 5) is 18.5. The molecule has 0 bridgehead atoms. The number of methoxy groups -OCH3 is 1. The summed E-state index contributed by atoms with van der Waals surface area (Å²) in [6.07, 6.45) is 1.78. The van der Waals surface area contributed by atoms with Crippen LogP contribution in [0.5, 0.6) is 11.5 Å². The van der Waals surface area contributed by atoms with E-state index in [0.29, 0.717) is 43.1 Å². The molecule has 1 atom stereocenters. The highest BCUT2D eigenvalue weighted by molar-refractivity contribution is 14.0. The number of ether oxygens (including phenoxy) is 3. The predicted octanol–water partition coefficient (Wildman–Crippen LogP) is 4.35. The highest BCUT2D eigenvalue weighted by Crippen LogP contribution is 2.30. The number of hydrogen-bond acceptors (Lipinski definition) is 5. The third kappa shape index (κ3) is 9.00. The first-order chi connectivity index (χ1) is 14.3. The topological polar surface area (TPSA) is 84.4 Å². The third-order valence-corrected chi connectivity index (χ3v) is 4.68. The van der Waals surface area contributed by atoms with Crippen LogP contribution in [-0.4, -0.2) is 63.0 Å². The average Bonchev–Trinajstić information content (AvgIpc) is 2.70. The summed E-state index contributed by atoms with van der Waals surface area (Å²) in [6.45, 7) is 10.3. The first-order valence-corrected chi connectivity index (χ1v) is 10.5. The van der Waals surface area contributed by atoms with Crippen molar-refractivity contribution in [1.82, 2.24) is 10.2 Å². The summed E-state index contributed by atoms with van der Waals surface area (Å²) in [6, 6.07) is 5.67. The Morgan fingerprint density at radius 2 is 2.03 bits per heavy atom. The van der Waals surface area contributed by atoms with Gasteiger partial charge in [-0.05, 0) is 58.6 Å². The van der Waals surface area contributed by atoms with E-state index in [2.05, 4.69) is 15.6 Å². The highest BCUT2D eigenvalue weighted by Gasteiger charge is 2.27. The van der Waals surface area contributed by atoms with Gasteiger partial charge in [-0.25, -0.2) is 4.79 Å². The van der Waals surface area contributed by atoms with Crippen LogP contribution in [0.2, 0.25) is 0 Å². The second-order valence-electron chi connectivity index (χ2n) is 8.31. The Morgan fingerprint density at radius 3 is 2.65 bits per heavy atom. The van der Waals surface area contributed by atoms with Gasteiger partial charge in [0.15, 0.2) is 17.5 Å². The molecule has 0 radical (unpaired) electrons. The van der Waals surface area contributed by atoms with Gasteiger partial charge in [0, 0.05) is 38.4 Å². The second kappa shape index (κ2) is 12.8. The van der Waals surface area contributed by atoms with Crippen LogP contribution < -0.4 is 20.1 Å². The van der Waals surface area contributed by atoms with Crippen LogP contribution in [0.15, 0.2) is 23.2 Å². The Kier molecular flexibility index (Phi) is 11.2.